The largest absolute Gasteiger partial charge is 0.467 e. The van der Waals surface area contributed by atoms with Crippen LogP contribution in [0, 0.1) is 11.7 Å². The molecule has 1 fully saturated rings. The first-order valence-electron chi connectivity index (χ1n) is 8.67. The third-order valence-electron chi connectivity index (χ3n) is 4.63. The Labute approximate surface area is 157 Å². The molecule has 1 N–H and O–H groups in total. The summed E-state index contributed by atoms with van der Waals surface area (Å²) >= 11 is 0. The number of nitrogens with one attached hydrogen (secondary N) is 1. The average Bonchev–Trinajstić information content (AvgIpc) is 3.20. The Bertz CT molecular complexity index is 869. The number of hydrogen-bond donors (Lipinski definition) is 1. The number of benzene rings is 1. The Morgan fingerprint density at radius 2 is 2.07 bits per heavy atom. The Morgan fingerprint density at radius 1 is 1.33 bits per heavy atom. The van der Waals surface area contributed by atoms with Crippen LogP contribution < -0.4 is 9.62 Å². The van der Waals surface area contributed by atoms with E-state index in [0.717, 1.165) is 4.31 Å². The number of halogens is 1. The Hall–Kier alpha value is -2.39. The second kappa shape index (κ2) is 8.10. The predicted octanol–water partition coefficient (Wildman–Crippen LogP) is 2.13. The van der Waals surface area contributed by atoms with Crippen LogP contribution in [0.1, 0.15) is 18.6 Å². The molecule has 1 aromatic carbocycles. The molecule has 0 unspecified atom stereocenters. The summed E-state index contributed by atoms with van der Waals surface area (Å²) in [4.78, 5) is 12.4. The summed E-state index contributed by atoms with van der Waals surface area (Å²) in [6, 6.07) is 8.73. The maximum absolute atomic E-state index is 13.1. The molecule has 2 heterocycles. The van der Waals surface area contributed by atoms with Gasteiger partial charge in [-0.15, -0.1) is 0 Å². The van der Waals surface area contributed by atoms with Crippen LogP contribution in [0.5, 0.6) is 0 Å². The van der Waals surface area contributed by atoms with E-state index in [1.807, 2.05) is 0 Å². The van der Waals surface area contributed by atoms with Crippen LogP contribution in [-0.2, 0) is 21.5 Å². The molecule has 1 saturated heterocycles. The molecule has 1 atom stereocenters. The van der Waals surface area contributed by atoms with Crippen molar-refractivity contribution in [1.82, 2.24) is 9.62 Å². The van der Waals surface area contributed by atoms with Crippen molar-refractivity contribution in [1.29, 1.82) is 0 Å². The average molecular weight is 395 g/mol. The first-order valence-corrected chi connectivity index (χ1v) is 10.1. The number of carbonyl (C=O) groups is 1. The molecule has 1 amide bonds. The van der Waals surface area contributed by atoms with E-state index in [-0.39, 0.29) is 19.0 Å². The van der Waals surface area contributed by atoms with E-state index in [4.69, 9.17) is 4.42 Å². The molecule has 2 aromatic rings. The SMILES string of the molecule is CN(c1ccc(F)cc1)S(=O)(=O)N1CCC[C@@H](C(=O)NCc2ccco2)C1. The van der Waals surface area contributed by atoms with Crippen molar-refractivity contribution in [3.8, 4) is 0 Å². The van der Waals surface area contributed by atoms with E-state index in [0.29, 0.717) is 30.8 Å². The number of nitrogens with zero attached hydrogens (tertiary/aromatic N) is 2. The van der Waals surface area contributed by atoms with E-state index in [2.05, 4.69) is 5.32 Å². The van der Waals surface area contributed by atoms with Gasteiger partial charge in [0.25, 0.3) is 0 Å². The summed E-state index contributed by atoms with van der Waals surface area (Å²) in [5.41, 5.74) is 0.362. The summed E-state index contributed by atoms with van der Waals surface area (Å²) < 4.78 is 46.5. The highest BCUT2D eigenvalue weighted by Gasteiger charge is 2.34. The molecule has 0 saturated carbocycles. The minimum atomic E-state index is -3.81. The van der Waals surface area contributed by atoms with Crippen LogP contribution in [0.2, 0.25) is 0 Å². The van der Waals surface area contributed by atoms with Gasteiger partial charge in [0.1, 0.15) is 11.6 Å². The molecule has 0 aliphatic carbocycles. The molecule has 1 aliphatic rings. The molecule has 146 valence electrons. The van der Waals surface area contributed by atoms with Crippen LogP contribution in [-0.4, -0.2) is 38.8 Å². The second-order valence-corrected chi connectivity index (χ2v) is 8.41. The normalized spacial score (nSPS) is 18.2. The fourth-order valence-electron chi connectivity index (χ4n) is 3.06. The lowest BCUT2D eigenvalue weighted by atomic mass is 9.99. The van der Waals surface area contributed by atoms with Gasteiger partial charge in [0.15, 0.2) is 0 Å². The second-order valence-electron chi connectivity index (χ2n) is 6.45. The van der Waals surface area contributed by atoms with Gasteiger partial charge < -0.3 is 9.73 Å². The fraction of sp³-hybridized carbons (Fsp3) is 0.389. The molecule has 7 nitrogen and oxygen atoms in total. The Kier molecular flexibility index (Phi) is 5.81. The first-order chi connectivity index (χ1) is 12.9. The van der Waals surface area contributed by atoms with E-state index in [9.17, 15) is 17.6 Å². The number of hydrogen-bond acceptors (Lipinski definition) is 4. The molecule has 1 aromatic heterocycles. The zero-order valence-electron chi connectivity index (χ0n) is 15.0. The molecular formula is C18H22FN3O4S. The van der Waals surface area contributed by atoms with Crippen LogP contribution >= 0.6 is 0 Å². The third-order valence-corrected chi connectivity index (χ3v) is 6.52. The van der Waals surface area contributed by atoms with Gasteiger partial charge in [-0.2, -0.15) is 12.7 Å². The number of rotatable bonds is 6. The lowest BCUT2D eigenvalue weighted by Gasteiger charge is -2.34. The highest BCUT2D eigenvalue weighted by molar-refractivity contribution is 7.90. The van der Waals surface area contributed by atoms with Gasteiger partial charge in [-0.25, -0.2) is 4.39 Å². The number of amides is 1. The molecular weight excluding hydrogens is 373 g/mol. The molecule has 0 bridgehead atoms. The van der Waals surface area contributed by atoms with Gasteiger partial charge >= 0.3 is 10.2 Å². The van der Waals surface area contributed by atoms with Crippen molar-refractivity contribution in [2.24, 2.45) is 5.92 Å². The van der Waals surface area contributed by atoms with Crippen molar-refractivity contribution in [3.63, 3.8) is 0 Å². The van der Waals surface area contributed by atoms with Crippen LogP contribution in [0.25, 0.3) is 0 Å². The van der Waals surface area contributed by atoms with Gasteiger partial charge in [-0.1, -0.05) is 0 Å². The lowest BCUT2D eigenvalue weighted by Crippen LogP contribution is -2.49. The summed E-state index contributed by atoms with van der Waals surface area (Å²) in [6.45, 7) is 0.720. The number of furan rings is 1. The maximum atomic E-state index is 13.1. The number of carbonyl (C=O) groups excluding carboxylic acids is 1. The predicted molar refractivity (Wildman–Crippen MR) is 98.6 cm³/mol. The zero-order chi connectivity index (χ0) is 19.4. The Balaban J connectivity index is 1.65. The van der Waals surface area contributed by atoms with Crippen molar-refractivity contribution in [2.45, 2.75) is 19.4 Å². The summed E-state index contributed by atoms with van der Waals surface area (Å²) in [6.07, 6.45) is 2.74. The number of anilines is 1. The van der Waals surface area contributed by atoms with E-state index < -0.39 is 21.9 Å². The Morgan fingerprint density at radius 3 is 2.74 bits per heavy atom. The highest BCUT2D eigenvalue weighted by Crippen LogP contribution is 2.24. The van der Waals surface area contributed by atoms with Crippen molar-refractivity contribution in [3.05, 3.63) is 54.2 Å². The van der Waals surface area contributed by atoms with Crippen molar-refractivity contribution in [2.75, 3.05) is 24.4 Å². The smallest absolute Gasteiger partial charge is 0.303 e. The van der Waals surface area contributed by atoms with Gasteiger partial charge in [-0.3, -0.25) is 9.10 Å². The molecule has 27 heavy (non-hydrogen) atoms. The quantitative estimate of drug-likeness (QED) is 0.812. The maximum Gasteiger partial charge on any atom is 0.303 e. The third kappa shape index (κ3) is 4.48. The zero-order valence-corrected chi connectivity index (χ0v) is 15.8. The fourth-order valence-corrected chi connectivity index (χ4v) is 4.52. The minimum absolute atomic E-state index is 0.109. The molecule has 3 rings (SSSR count). The van der Waals surface area contributed by atoms with Crippen LogP contribution in [0.15, 0.2) is 47.1 Å². The van der Waals surface area contributed by atoms with E-state index in [1.54, 1.807) is 12.1 Å². The van der Waals surface area contributed by atoms with Gasteiger partial charge in [-0.05, 0) is 49.2 Å². The van der Waals surface area contributed by atoms with Crippen molar-refractivity contribution >= 4 is 21.8 Å². The van der Waals surface area contributed by atoms with Gasteiger partial charge in [0.05, 0.1) is 24.4 Å². The van der Waals surface area contributed by atoms with Crippen molar-refractivity contribution < 1.29 is 22.0 Å². The minimum Gasteiger partial charge on any atom is -0.467 e. The molecule has 1 aliphatic heterocycles. The lowest BCUT2D eigenvalue weighted by molar-refractivity contribution is -0.126. The summed E-state index contributed by atoms with van der Waals surface area (Å²) in [7, 11) is -2.39. The van der Waals surface area contributed by atoms with Gasteiger partial charge in [0, 0.05) is 20.1 Å². The van der Waals surface area contributed by atoms with Crippen LogP contribution in [0.3, 0.4) is 0 Å². The van der Waals surface area contributed by atoms with Crippen LogP contribution in [0.4, 0.5) is 10.1 Å². The topological polar surface area (TPSA) is 82.9 Å². The van der Waals surface area contributed by atoms with E-state index >= 15 is 0 Å². The molecule has 0 spiro atoms. The van der Waals surface area contributed by atoms with Gasteiger partial charge in [0.2, 0.25) is 5.91 Å². The summed E-state index contributed by atoms with van der Waals surface area (Å²) in [5, 5.41) is 2.78. The first kappa shape index (κ1) is 19.4. The standard InChI is InChI=1S/C18H22FN3O4S/c1-21(16-8-6-15(19)7-9-16)27(24,25)22-10-2-4-14(13-22)18(23)20-12-17-5-3-11-26-17/h3,5-9,11,14H,2,4,10,12-13H2,1H3,(H,20,23)/t14-/m1/s1. The van der Waals surface area contributed by atoms with E-state index in [1.165, 1.54) is 41.9 Å². The summed E-state index contributed by atoms with van der Waals surface area (Å²) in [5.74, 6) is -0.420. The number of piperidine rings is 1. The molecule has 0 radical (unpaired) electrons. The monoisotopic (exact) mass is 395 g/mol. The molecule has 9 heteroatoms. The highest BCUT2D eigenvalue weighted by atomic mass is 32.2.